The predicted octanol–water partition coefficient (Wildman–Crippen LogP) is 6.18. The minimum absolute atomic E-state index is 0.0294. The van der Waals surface area contributed by atoms with Gasteiger partial charge in [0.1, 0.15) is 18.1 Å². The van der Waals surface area contributed by atoms with Gasteiger partial charge in [0, 0.05) is 49.3 Å². The summed E-state index contributed by atoms with van der Waals surface area (Å²) in [5.74, 6) is 2.66. The third-order valence-corrected chi connectivity index (χ3v) is 13.2. The number of likely N-dealkylation sites (tertiary alicyclic amines) is 2. The maximum absolute atomic E-state index is 13.1. The van der Waals surface area contributed by atoms with Crippen LogP contribution in [0.25, 0.3) is 5.65 Å². The van der Waals surface area contributed by atoms with Gasteiger partial charge in [-0.15, -0.1) is 15.3 Å². The number of ether oxygens (including phenoxy) is 1. The number of hydrogen-bond acceptors (Lipinski definition) is 8. The number of aryl methyl sites for hydroxylation is 1. The minimum atomic E-state index is -0.366. The third-order valence-electron chi connectivity index (χ3n) is 13.2. The molecule has 1 N–H and O–H groups in total. The maximum atomic E-state index is 13.1. The largest absolute Gasteiger partial charge is 0.437 e. The molecule has 1 atom stereocenters. The number of carbonyl (C=O) groups excluding carboxylic acids is 3. The molecule has 1 aliphatic carbocycles. The molecule has 0 spiro atoms. The number of benzene rings is 2. The molecule has 5 aliphatic rings. The van der Waals surface area contributed by atoms with E-state index in [1.54, 1.807) is 15.7 Å². The van der Waals surface area contributed by atoms with E-state index in [0.717, 1.165) is 139 Å². The fourth-order valence-corrected chi connectivity index (χ4v) is 9.87. The van der Waals surface area contributed by atoms with Crippen LogP contribution in [-0.4, -0.2) is 97.5 Å². The first kappa shape index (κ1) is 36.8. The second-order valence-corrected chi connectivity index (χ2v) is 16.6. The summed E-state index contributed by atoms with van der Waals surface area (Å²) in [5, 5.41) is 16.0. The van der Waals surface area contributed by atoms with Crippen LogP contribution in [0, 0.1) is 0 Å². The lowest BCUT2D eigenvalue weighted by Gasteiger charge is -2.33. The molecule has 56 heavy (non-hydrogen) atoms. The van der Waals surface area contributed by atoms with Crippen molar-refractivity contribution in [2.45, 2.75) is 114 Å². The number of nitrogens with one attached hydrogen (secondary N) is 1. The number of amides is 3. The Kier molecular flexibility index (Phi) is 10.7. The van der Waals surface area contributed by atoms with Gasteiger partial charge < -0.3 is 24.8 Å². The van der Waals surface area contributed by atoms with Crippen molar-refractivity contribution in [2.75, 3.05) is 39.3 Å². The molecule has 4 aliphatic heterocycles. The summed E-state index contributed by atoms with van der Waals surface area (Å²) in [5.41, 5.74) is 7.63. The first-order valence-corrected chi connectivity index (χ1v) is 21.2. The van der Waals surface area contributed by atoms with Crippen LogP contribution in [0.2, 0.25) is 0 Å². The van der Waals surface area contributed by atoms with Gasteiger partial charge in [0.05, 0.1) is 0 Å². The smallest absolute Gasteiger partial charge is 0.255 e. The van der Waals surface area contributed by atoms with Crippen molar-refractivity contribution in [3.05, 3.63) is 82.2 Å². The predicted molar refractivity (Wildman–Crippen MR) is 212 cm³/mol. The molecule has 0 radical (unpaired) electrons. The summed E-state index contributed by atoms with van der Waals surface area (Å²) in [4.78, 5) is 45.0. The van der Waals surface area contributed by atoms with E-state index in [2.05, 4.69) is 61.7 Å². The van der Waals surface area contributed by atoms with E-state index < -0.39 is 0 Å². The normalized spacial score (nSPS) is 21.0. The second-order valence-electron chi connectivity index (χ2n) is 16.6. The Bertz CT molecular complexity index is 2060. The first-order valence-electron chi connectivity index (χ1n) is 21.2. The molecule has 2 aromatic heterocycles. The zero-order chi connectivity index (χ0) is 38.0. The van der Waals surface area contributed by atoms with Gasteiger partial charge in [0.25, 0.3) is 5.91 Å². The topological polar surface area (TPSA) is 125 Å². The van der Waals surface area contributed by atoms with Gasteiger partial charge in [-0.1, -0.05) is 30.7 Å². The first-order chi connectivity index (χ1) is 27.5. The van der Waals surface area contributed by atoms with Crippen LogP contribution < -0.4 is 10.1 Å². The van der Waals surface area contributed by atoms with Gasteiger partial charge in [-0.2, -0.15) is 4.52 Å². The van der Waals surface area contributed by atoms with Gasteiger partial charge in [-0.25, -0.2) is 0 Å². The van der Waals surface area contributed by atoms with Gasteiger partial charge in [0.2, 0.25) is 17.7 Å². The highest BCUT2D eigenvalue weighted by atomic mass is 16.5. The van der Waals surface area contributed by atoms with E-state index in [4.69, 9.17) is 9.84 Å². The van der Waals surface area contributed by atoms with Crippen molar-refractivity contribution < 1.29 is 19.1 Å². The highest BCUT2D eigenvalue weighted by Gasteiger charge is 2.38. The van der Waals surface area contributed by atoms with Crippen molar-refractivity contribution in [2.24, 2.45) is 0 Å². The van der Waals surface area contributed by atoms with E-state index in [0.29, 0.717) is 37.2 Å². The number of unbranched alkanes of at least 4 members (excludes halogenated alkanes) is 2. The van der Waals surface area contributed by atoms with Crippen LogP contribution in [0.3, 0.4) is 0 Å². The number of piperidine rings is 3. The summed E-state index contributed by atoms with van der Waals surface area (Å²) in [6.45, 7) is 6.10. The molecule has 6 heterocycles. The molecule has 0 saturated carbocycles. The molecule has 1 unspecified atom stereocenters. The number of aromatic nitrogens is 4. The maximum Gasteiger partial charge on any atom is 0.255 e. The Morgan fingerprint density at radius 3 is 2.38 bits per heavy atom. The number of fused-ring (bicyclic) bond motifs is 4. The monoisotopic (exact) mass is 758 g/mol. The molecule has 3 saturated heterocycles. The summed E-state index contributed by atoms with van der Waals surface area (Å²) in [6.07, 6.45) is 15.5. The Hall–Kier alpha value is -4.84. The molecule has 294 valence electrons. The molecule has 12 nitrogen and oxygen atoms in total. The summed E-state index contributed by atoms with van der Waals surface area (Å²) in [7, 11) is 0. The van der Waals surface area contributed by atoms with Crippen molar-refractivity contribution >= 4 is 23.4 Å². The third kappa shape index (κ3) is 7.64. The fraction of sp³-hybridized carbons (Fsp3) is 0.545. The Morgan fingerprint density at radius 2 is 1.57 bits per heavy atom. The molecule has 12 heteroatoms. The van der Waals surface area contributed by atoms with Crippen LogP contribution >= 0.6 is 0 Å². The van der Waals surface area contributed by atoms with Crippen LogP contribution in [0.5, 0.6) is 11.6 Å². The zero-order valence-corrected chi connectivity index (χ0v) is 32.5. The average molecular weight is 759 g/mol. The molecule has 9 rings (SSSR count). The lowest BCUT2D eigenvalue weighted by molar-refractivity contribution is -0.132. The summed E-state index contributed by atoms with van der Waals surface area (Å²) >= 11 is 0. The van der Waals surface area contributed by atoms with Crippen molar-refractivity contribution in [3.8, 4) is 11.6 Å². The molecule has 4 aromatic rings. The fourth-order valence-electron chi connectivity index (χ4n) is 9.87. The quantitative estimate of drug-likeness (QED) is 0.180. The second kappa shape index (κ2) is 16.3. The number of nitrogens with zero attached hydrogens (tertiary/aromatic N) is 7. The Labute approximate surface area is 329 Å². The molecule has 3 amide bonds. The Balaban J connectivity index is 0.669. The van der Waals surface area contributed by atoms with E-state index in [1.165, 1.54) is 22.3 Å². The van der Waals surface area contributed by atoms with Crippen molar-refractivity contribution in [1.29, 1.82) is 0 Å². The highest BCUT2D eigenvalue weighted by molar-refractivity contribution is 6.01. The van der Waals surface area contributed by atoms with Crippen LogP contribution in [0.15, 0.2) is 48.8 Å². The standard InChI is InChI=1S/C44H54N8O4/c53-40(50-25-19-32(20-26-50)33-13-16-36-34(27-33)28-51(44(36)55)39-9-6-21-45-42(39)54)10-2-1-5-22-49-23-17-31(18-24-49)30-11-14-35(15-12-30)56-43-38-8-4-3-7-37(38)41-47-46-29-52(41)48-43/h11-16,27,29,31-32,39H,1-10,17-26,28H2,(H,45,54). The minimum Gasteiger partial charge on any atom is -0.437 e. The van der Waals surface area contributed by atoms with E-state index in [-0.39, 0.29) is 23.8 Å². The number of hydrogen-bond donors (Lipinski definition) is 1. The van der Waals surface area contributed by atoms with Gasteiger partial charge in [0.15, 0.2) is 5.65 Å². The average Bonchev–Trinajstić information content (AvgIpc) is 3.85. The summed E-state index contributed by atoms with van der Waals surface area (Å²) in [6, 6.07) is 14.5. The lowest BCUT2D eigenvalue weighted by Crippen LogP contribution is -2.50. The van der Waals surface area contributed by atoms with Gasteiger partial charge in [-0.3, -0.25) is 14.4 Å². The van der Waals surface area contributed by atoms with Crippen molar-refractivity contribution in [3.63, 3.8) is 0 Å². The van der Waals surface area contributed by atoms with E-state index in [1.807, 2.05) is 6.07 Å². The molecular formula is C44H54N8O4. The summed E-state index contributed by atoms with van der Waals surface area (Å²) < 4.78 is 8.09. The molecule has 2 aromatic carbocycles. The van der Waals surface area contributed by atoms with Gasteiger partial charge >= 0.3 is 0 Å². The SMILES string of the molecule is O=C1NCCCC1N1Cc2cc(C3CCN(C(=O)CCCCCN4CCC(c5ccc(Oc6nn7cnnc7c7c6CCCC7)cc5)CC4)CC3)ccc2C1=O. The highest BCUT2D eigenvalue weighted by Crippen LogP contribution is 2.36. The molecule has 0 bridgehead atoms. The van der Waals surface area contributed by atoms with Crippen molar-refractivity contribution in [1.82, 2.24) is 39.8 Å². The zero-order valence-electron chi connectivity index (χ0n) is 32.5. The van der Waals surface area contributed by atoms with Crippen LogP contribution in [0.1, 0.15) is 127 Å². The number of carbonyl (C=O) groups is 3. The Morgan fingerprint density at radius 1 is 0.821 bits per heavy atom. The van der Waals surface area contributed by atoms with E-state index >= 15 is 0 Å². The lowest BCUT2D eigenvalue weighted by atomic mass is 9.87. The van der Waals surface area contributed by atoms with E-state index in [9.17, 15) is 14.4 Å². The van der Waals surface area contributed by atoms with Crippen LogP contribution in [-0.2, 0) is 29.0 Å². The van der Waals surface area contributed by atoms with Crippen LogP contribution in [0.4, 0.5) is 0 Å². The molecule has 3 fully saturated rings. The molecular weight excluding hydrogens is 705 g/mol. The van der Waals surface area contributed by atoms with Gasteiger partial charge in [-0.05, 0) is 143 Å². The number of rotatable bonds is 11.